The average Bonchev–Trinajstić information content (AvgIpc) is 2.77. The van der Waals surface area contributed by atoms with Crippen molar-refractivity contribution in [2.75, 3.05) is 17.1 Å². The first-order chi connectivity index (χ1) is 15.5. The topological polar surface area (TPSA) is 105 Å². The van der Waals surface area contributed by atoms with Crippen LogP contribution in [0.25, 0.3) is 0 Å². The molecule has 0 aliphatic carbocycles. The van der Waals surface area contributed by atoms with E-state index in [0.717, 1.165) is 24.3 Å². The number of ether oxygens (including phenoxy) is 1. The third kappa shape index (κ3) is 5.75. The molecule has 0 aromatic heterocycles. The van der Waals surface area contributed by atoms with Crippen LogP contribution >= 0.6 is 0 Å². The van der Waals surface area contributed by atoms with E-state index in [9.17, 15) is 31.5 Å². The Balaban J connectivity index is 1.97. The highest BCUT2D eigenvalue weighted by atomic mass is 32.2. The molecule has 0 atom stereocenters. The summed E-state index contributed by atoms with van der Waals surface area (Å²) in [4.78, 5) is 11.0. The monoisotopic (exact) mass is 480 g/mol. The maximum absolute atomic E-state index is 13.0. The van der Waals surface area contributed by atoms with Gasteiger partial charge in [-0.25, -0.2) is 13.2 Å². The molecule has 0 saturated carbocycles. The van der Waals surface area contributed by atoms with E-state index in [4.69, 9.17) is 4.74 Å². The summed E-state index contributed by atoms with van der Waals surface area (Å²) in [6.07, 6.45) is -4.66. The van der Waals surface area contributed by atoms with Crippen LogP contribution in [0.5, 0.6) is 5.75 Å². The third-order valence-electron chi connectivity index (χ3n) is 4.62. The van der Waals surface area contributed by atoms with Crippen LogP contribution < -0.4 is 14.8 Å². The highest BCUT2D eigenvalue weighted by Crippen LogP contribution is 2.32. The van der Waals surface area contributed by atoms with Crippen LogP contribution in [0.1, 0.15) is 21.5 Å². The van der Waals surface area contributed by atoms with Gasteiger partial charge in [-0.2, -0.15) is 13.2 Å². The van der Waals surface area contributed by atoms with Gasteiger partial charge in [-0.15, -0.1) is 0 Å². The third-order valence-corrected chi connectivity index (χ3v) is 6.04. The van der Waals surface area contributed by atoms with Crippen molar-refractivity contribution in [3.05, 3.63) is 83.4 Å². The second-order valence-corrected chi connectivity index (χ2v) is 8.52. The quantitative estimate of drug-likeness (QED) is 0.427. The van der Waals surface area contributed by atoms with Crippen LogP contribution in [0.15, 0.2) is 71.6 Å². The molecule has 3 N–H and O–H groups in total. The number of aromatic carboxylic acids is 1. The molecule has 174 valence electrons. The summed E-state index contributed by atoms with van der Waals surface area (Å²) in [5, 5.41) is 12.2. The normalized spacial score (nSPS) is 11.6. The van der Waals surface area contributed by atoms with E-state index in [0.29, 0.717) is 17.4 Å². The second kappa shape index (κ2) is 9.41. The maximum atomic E-state index is 13.0. The smallest absolute Gasteiger partial charge is 0.416 e. The number of alkyl halides is 3. The molecule has 3 rings (SSSR count). The number of sulfonamides is 1. The zero-order valence-corrected chi connectivity index (χ0v) is 18.0. The molecule has 11 heteroatoms. The molecule has 7 nitrogen and oxygen atoms in total. The Hall–Kier alpha value is -3.73. The lowest BCUT2D eigenvalue weighted by Gasteiger charge is -2.16. The number of para-hydroxylation sites is 1. The first-order valence-corrected chi connectivity index (χ1v) is 10.9. The Labute approximate surface area is 187 Å². The molecule has 3 aromatic rings. The Kier molecular flexibility index (Phi) is 6.82. The van der Waals surface area contributed by atoms with Crippen LogP contribution in [0.3, 0.4) is 0 Å². The molecule has 0 amide bonds. The number of nitrogens with one attached hydrogen (secondary N) is 2. The fraction of sp³-hybridized carbons (Fsp3) is 0.136. The lowest BCUT2D eigenvalue weighted by atomic mass is 10.1. The minimum atomic E-state index is -4.66. The summed E-state index contributed by atoms with van der Waals surface area (Å²) in [6, 6.07) is 14.1. The number of hydrogen-bond donors (Lipinski definition) is 3. The van der Waals surface area contributed by atoms with Gasteiger partial charge in [0.15, 0.2) is 0 Å². The van der Waals surface area contributed by atoms with Gasteiger partial charge in [-0.1, -0.05) is 24.3 Å². The van der Waals surface area contributed by atoms with Crippen LogP contribution in [0.4, 0.5) is 24.5 Å². The maximum Gasteiger partial charge on any atom is 0.416 e. The summed E-state index contributed by atoms with van der Waals surface area (Å²) < 4.78 is 72.4. The molecule has 0 aliphatic heterocycles. The number of methoxy groups -OCH3 is 1. The number of anilines is 2. The predicted molar refractivity (Wildman–Crippen MR) is 116 cm³/mol. The Morgan fingerprint density at radius 3 is 2.42 bits per heavy atom. The van der Waals surface area contributed by atoms with Crippen molar-refractivity contribution in [1.29, 1.82) is 0 Å². The highest BCUT2D eigenvalue weighted by molar-refractivity contribution is 7.92. The van der Waals surface area contributed by atoms with Gasteiger partial charge < -0.3 is 15.2 Å². The van der Waals surface area contributed by atoms with E-state index in [-0.39, 0.29) is 23.5 Å². The Morgan fingerprint density at radius 1 is 1.03 bits per heavy atom. The zero-order valence-electron chi connectivity index (χ0n) is 17.2. The van der Waals surface area contributed by atoms with E-state index in [2.05, 4.69) is 10.0 Å². The first-order valence-electron chi connectivity index (χ1n) is 9.44. The number of benzene rings is 3. The number of hydrogen-bond acceptors (Lipinski definition) is 5. The van der Waals surface area contributed by atoms with E-state index in [1.807, 2.05) is 0 Å². The molecule has 0 spiro atoms. The molecule has 0 unspecified atom stereocenters. The Morgan fingerprint density at radius 2 is 1.76 bits per heavy atom. The molecular weight excluding hydrogens is 461 g/mol. The van der Waals surface area contributed by atoms with Crippen LogP contribution in [-0.2, 0) is 22.7 Å². The lowest BCUT2D eigenvalue weighted by Crippen LogP contribution is -2.17. The van der Waals surface area contributed by atoms with Crippen LogP contribution in [0.2, 0.25) is 0 Å². The van der Waals surface area contributed by atoms with Crippen molar-refractivity contribution in [2.24, 2.45) is 0 Å². The Bertz CT molecular complexity index is 1280. The van der Waals surface area contributed by atoms with Gasteiger partial charge in [-0.3, -0.25) is 4.72 Å². The van der Waals surface area contributed by atoms with Crippen molar-refractivity contribution >= 4 is 27.4 Å². The van der Waals surface area contributed by atoms with Crippen molar-refractivity contribution in [3.8, 4) is 5.75 Å². The van der Waals surface area contributed by atoms with E-state index in [1.54, 1.807) is 24.3 Å². The number of halogens is 3. The van der Waals surface area contributed by atoms with Gasteiger partial charge in [-0.05, 0) is 42.5 Å². The van der Waals surface area contributed by atoms with E-state index < -0.39 is 32.6 Å². The van der Waals surface area contributed by atoms with Gasteiger partial charge in [0.05, 0.1) is 23.9 Å². The van der Waals surface area contributed by atoms with E-state index in [1.165, 1.54) is 19.2 Å². The fourth-order valence-corrected chi connectivity index (χ4v) is 4.29. The molecule has 0 fully saturated rings. The molecular formula is C22H19F3N2O5S. The van der Waals surface area contributed by atoms with Gasteiger partial charge in [0.1, 0.15) is 10.6 Å². The molecule has 0 bridgehead atoms. The molecule has 33 heavy (non-hydrogen) atoms. The lowest BCUT2D eigenvalue weighted by molar-refractivity contribution is -0.137. The summed E-state index contributed by atoms with van der Waals surface area (Å²) >= 11 is 0. The molecule has 3 aromatic carbocycles. The van der Waals surface area contributed by atoms with Crippen molar-refractivity contribution in [2.45, 2.75) is 17.6 Å². The number of carboxylic acid groups (broad SMARTS) is 1. The van der Waals surface area contributed by atoms with Crippen LogP contribution in [-0.4, -0.2) is 26.6 Å². The number of carbonyl (C=O) groups is 1. The summed E-state index contributed by atoms with van der Waals surface area (Å²) in [6.45, 7) is 0.141. The average molecular weight is 480 g/mol. The summed E-state index contributed by atoms with van der Waals surface area (Å²) in [5.74, 6) is -0.805. The molecule has 0 heterocycles. The fourth-order valence-electron chi connectivity index (χ4n) is 3.03. The second-order valence-electron chi connectivity index (χ2n) is 6.87. The SMILES string of the molecule is COc1ccccc1CNc1ccc(C(=O)O)cc1S(=O)(=O)Nc1cccc(C(F)(F)F)c1. The van der Waals surface area contributed by atoms with Gasteiger partial charge in [0.2, 0.25) is 0 Å². The molecule has 0 radical (unpaired) electrons. The minimum Gasteiger partial charge on any atom is -0.496 e. The van der Waals surface area contributed by atoms with Gasteiger partial charge >= 0.3 is 12.1 Å². The standard InChI is InChI=1S/C22H19F3N2O5S/c1-32-19-8-3-2-5-15(19)13-26-18-10-9-14(21(28)29)11-20(18)33(30,31)27-17-7-4-6-16(12-17)22(23,24)25/h2-12,26-27H,13H2,1H3,(H,28,29). The van der Waals surface area contributed by atoms with Crippen molar-refractivity contribution in [3.63, 3.8) is 0 Å². The minimum absolute atomic E-state index is 0.0605. The predicted octanol–water partition coefficient (Wildman–Crippen LogP) is 4.83. The number of rotatable bonds is 8. The molecule has 0 saturated heterocycles. The molecule has 0 aliphatic rings. The van der Waals surface area contributed by atoms with Crippen LogP contribution in [0, 0.1) is 0 Å². The van der Waals surface area contributed by atoms with Crippen molar-refractivity contribution in [1.82, 2.24) is 0 Å². The largest absolute Gasteiger partial charge is 0.496 e. The zero-order chi connectivity index (χ0) is 24.2. The first kappa shape index (κ1) is 23.9. The van der Waals surface area contributed by atoms with E-state index >= 15 is 0 Å². The van der Waals surface area contributed by atoms with Gasteiger partial charge in [0.25, 0.3) is 10.0 Å². The summed E-state index contributed by atoms with van der Waals surface area (Å²) in [5.41, 5.74) is -0.887. The summed E-state index contributed by atoms with van der Waals surface area (Å²) in [7, 11) is -2.98. The van der Waals surface area contributed by atoms with Gasteiger partial charge in [0, 0.05) is 17.8 Å². The highest BCUT2D eigenvalue weighted by Gasteiger charge is 2.31. The van der Waals surface area contributed by atoms with Crippen molar-refractivity contribution < 1.29 is 36.2 Å². The number of carboxylic acids is 1.